The van der Waals surface area contributed by atoms with Gasteiger partial charge < -0.3 is 10.6 Å². The molecule has 1 heterocycles. The van der Waals surface area contributed by atoms with Crippen LogP contribution in [-0.2, 0) is 4.84 Å². The maximum Gasteiger partial charge on any atom is 0.218 e. The summed E-state index contributed by atoms with van der Waals surface area (Å²) in [6, 6.07) is 9.42. The van der Waals surface area contributed by atoms with Crippen LogP contribution in [0.3, 0.4) is 0 Å². The molecule has 0 spiro atoms. The Hall–Kier alpha value is -2.02. The molecule has 1 atom stereocenters. The second kappa shape index (κ2) is 3.38. The quantitative estimate of drug-likeness (QED) is 0.673. The zero-order valence-electron chi connectivity index (χ0n) is 7.47. The van der Waals surface area contributed by atoms with Gasteiger partial charge in [0.1, 0.15) is 6.07 Å². The van der Waals surface area contributed by atoms with E-state index in [4.69, 9.17) is 15.8 Å². The number of oxime groups is 1. The molecule has 0 radical (unpaired) electrons. The molecule has 2 N–H and O–H groups in total. The van der Waals surface area contributed by atoms with Crippen LogP contribution in [0.2, 0.25) is 0 Å². The molecule has 0 aliphatic carbocycles. The van der Waals surface area contributed by atoms with Crippen LogP contribution >= 0.6 is 0 Å². The van der Waals surface area contributed by atoms with Crippen LogP contribution in [0.1, 0.15) is 12.0 Å². The molecule has 1 aromatic carbocycles. The number of nitriles is 1. The fourth-order valence-electron chi connectivity index (χ4n) is 1.37. The van der Waals surface area contributed by atoms with Gasteiger partial charge in [-0.3, -0.25) is 0 Å². The van der Waals surface area contributed by atoms with Crippen molar-refractivity contribution in [2.45, 2.75) is 12.5 Å². The molecule has 0 saturated heterocycles. The number of hydrogen-bond donors (Lipinski definition) is 1. The van der Waals surface area contributed by atoms with Crippen molar-refractivity contribution in [2.75, 3.05) is 5.73 Å². The minimum Gasteiger partial charge on any atom is -0.398 e. The summed E-state index contributed by atoms with van der Waals surface area (Å²) >= 11 is 0. The molecule has 1 aliphatic heterocycles. The molecule has 0 bridgehead atoms. The van der Waals surface area contributed by atoms with E-state index in [2.05, 4.69) is 5.16 Å². The standard InChI is InChI=1S/C10H9N3O/c11-6-7-5-10(13-14-7)8-3-1-2-4-9(8)12/h1-4,7H,5,12H2/t7-/m0/s1. The van der Waals surface area contributed by atoms with Crippen LogP contribution < -0.4 is 5.73 Å². The first-order chi connectivity index (χ1) is 6.81. The second-order valence-corrected chi connectivity index (χ2v) is 3.05. The van der Waals surface area contributed by atoms with Gasteiger partial charge in [0.25, 0.3) is 0 Å². The van der Waals surface area contributed by atoms with Crippen LogP contribution in [0.4, 0.5) is 5.69 Å². The van der Waals surface area contributed by atoms with Gasteiger partial charge in [0.05, 0.1) is 5.71 Å². The highest BCUT2D eigenvalue weighted by atomic mass is 16.6. The second-order valence-electron chi connectivity index (χ2n) is 3.05. The van der Waals surface area contributed by atoms with Crippen LogP contribution in [0.5, 0.6) is 0 Å². The molecule has 4 nitrogen and oxygen atoms in total. The smallest absolute Gasteiger partial charge is 0.218 e. The third-order valence-electron chi connectivity index (χ3n) is 2.08. The van der Waals surface area contributed by atoms with Gasteiger partial charge in [0.15, 0.2) is 0 Å². The van der Waals surface area contributed by atoms with Gasteiger partial charge in [0, 0.05) is 17.7 Å². The zero-order chi connectivity index (χ0) is 9.97. The Morgan fingerprint density at radius 2 is 2.29 bits per heavy atom. The molecule has 0 amide bonds. The van der Waals surface area contributed by atoms with Crippen LogP contribution in [0.15, 0.2) is 29.4 Å². The van der Waals surface area contributed by atoms with Crippen molar-refractivity contribution in [3.05, 3.63) is 29.8 Å². The van der Waals surface area contributed by atoms with E-state index in [1.165, 1.54) is 0 Å². The van der Waals surface area contributed by atoms with E-state index in [0.29, 0.717) is 12.1 Å². The average molecular weight is 187 g/mol. The monoisotopic (exact) mass is 187 g/mol. The van der Waals surface area contributed by atoms with E-state index in [-0.39, 0.29) is 0 Å². The summed E-state index contributed by atoms with van der Waals surface area (Å²) in [6.07, 6.45) is 0.0367. The highest BCUT2D eigenvalue weighted by Gasteiger charge is 2.22. The average Bonchev–Trinajstić information content (AvgIpc) is 2.67. The molecule has 4 heteroatoms. The maximum atomic E-state index is 8.62. The molecular weight excluding hydrogens is 178 g/mol. The lowest BCUT2D eigenvalue weighted by Crippen LogP contribution is -2.07. The van der Waals surface area contributed by atoms with Crippen molar-refractivity contribution < 1.29 is 4.84 Å². The number of nitrogens with zero attached hydrogens (tertiary/aromatic N) is 2. The summed E-state index contributed by atoms with van der Waals surface area (Å²) in [5, 5.41) is 12.5. The molecule has 70 valence electrons. The summed E-state index contributed by atoms with van der Waals surface area (Å²) in [7, 11) is 0. The van der Waals surface area contributed by atoms with Gasteiger partial charge >= 0.3 is 0 Å². The number of anilines is 1. The Bertz CT molecular complexity index is 420. The van der Waals surface area contributed by atoms with Crippen molar-refractivity contribution >= 4 is 11.4 Å². The molecule has 1 aliphatic rings. The maximum absolute atomic E-state index is 8.62. The highest BCUT2D eigenvalue weighted by Crippen LogP contribution is 2.20. The molecule has 0 fully saturated rings. The molecule has 14 heavy (non-hydrogen) atoms. The fraction of sp³-hybridized carbons (Fsp3) is 0.200. The van der Waals surface area contributed by atoms with Crippen molar-refractivity contribution in [1.82, 2.24) is 0 Å². The number of nitrogens with two attached hydrogens (primary N) is 1. The van der Waals surface area contributed by atoms with Crippen molar-refractivity contribution in [3.8, 4) is 6.07 Å². The normalized spacial score (nSPS) is 19.6. The van der Waals surface area contributed by atoms with Crippen LogP contribution in [0.25, 0.3) is 0 Å². The Morgan fingerprint density at radius 1 is 1.50 bits per heavy atom. The summed E-state index contributed by atoms with van der Waals surface area (Å²) < 4.78 is 0. The molecule has 0 saturated carbocycles. The first-order valence-corrected chi connectivity index (χ1v) is 4.28. The third kappa shape index (κ3) is 1.40. The van der Waals surface area contributed by atoms with E-state index >= 15 is 0 Å². The summed E-state index contributed by atoms with van der Waals surface area (Å²) in [6.45, 7) is 0. The SMILES string of the molecule is N#C[C@@H]1CC(c2ccccc2N)=NO1. The highest BCUT2D eigenvalue weighted by molar-refractivity contribution is 6.05. The Balaban J connectivity index is 2.27. The minimum absolute atomic E-state index is 0.468. The van der Waals surface area contributed by atoms with Gasteiger partial charge in [-0.05, 0) is 6.07 Å². The molecule has 2 rings (SSSR count). The van der Waals surface area contributed by atoms with E-state index < -0.39 is 6.10 Å². The number of para-hydroxylation sites is 1. The van der Waals surface area contributed by atoms with Crippen LogP contribution in [0, 0.1) is 11.3 Å². The fourth-order valence-corrected chi connectivity index (χ4v) is 1.37. The molecule has 0 unspecified atom stereocenters. The van der Waals surface area contributed by atoms with E-state index in [9.17, 15) is 0 Å². The van der Waals surface area contributed by atoms with Crippen molar-refractivity contribution in [3.63, 3.8) is 0 Å². The van der Waals surface area contributed by atoms with Gasteiger partial charge in [-0.2, -0.15) is 5.26 Å². The topological polar surface area (TPSA) is 71.4 Å². The minimum atomic E-state index is -0.468. The molecule has 0 aromatic heterocycles. The first kappa shape index (κ1) is 8.57. The largest absolute Gasteiger partial charge is 0.398 e. The molecular formula is C10H9N3O. The lowest BCUT2D eigenvalue weighted by atomic mass is 10.0. The number of rotatable bonds is 1. The van der Waals surface area contributed by atoms with E-state index in [0.717, 1.165) is 11.3 Å². The Kier molecular flexibility index (Phi) is 2.07. The van der Waals surface area contributed by atoms with Gasteiger partial charge in [0.2, 0.25) is 6.10 Å². The lowest BCUT2D eigenvalue weighted by molar-refractivity contribution is 0.125. The van der Waals surface area contributed by atoms with Gasteiger partial charge in [-0.25, -0.2) is 0 Å². The number of hydrogen-bond acceptors (Lipinski definition) is 4. The molecule has 1 aromatic rings. The van der Waals surface area contributed by atoms with Crippen molar-refractivity contribution in [2.24, 2.45) is 5.16 Å². The van der Waals surface area contributed by atoms with Gasteiger partial charge in [-0.1, -0.05) is 23.4 Å². The number of nitrogen functional groups attached to an aromatic ring is 1. The summed E-state index contributed by atoms with van der Waals surface area (Å²) in [5.41, 5.74) is 8.03. The van der Waals surface area contributed by atoms with Gasteiger partial charge in [-0.15, -0.1) is 0 Å². The predicted octanol–water partition coefficient (Wildman–Crippen LogP) is 1.29. The van der Waals surface area contributed by atoms with Crippen molar-refractivity contribution in [1.29, 1.82) is 5.26 Å². The number of benzene rings is 1. The zero-order valence-corrected chi connectivity index (χ0v) is 7.47. The Labute approximate surface area is 81.6 Å². The van der Waals surface area contributed by atoms with E-state index in [1.807, 2.05) is 24.3 Å². The van der Waals surface area contributed by atoms with Crippen LogP contribution in [-0.4, -0.2) is 11.8 Å². The summed E-state index contributed by atoms with van der Waals surface area (Å²) in [4.78, 5) is 4.90. The summed E-state index contributed by atoms with van der Waals surface area (Å²) in [5.74, 6) is 0. The predicted molar refractivity (Wildman–Crippen MR) is 52.5 cm³/mol. The first-order valence-electron chi connectivity index (χ1n) is 4.28. The third-order valence-corrected chi connectivity index (χ3v) is 2.08. The Morgan fingerprint density at radius 3 is 2.93 bits per heavy atom. The van der Waals surface area contributed by atoms with E-state index in [1.54, 1.807) is 6.07 Å². The lowest BCUT2D eigenvalue weighted by Gasteiger charge is -2.01.